The van der Waals surface area contributed by atoms with Crippen molar-refractivity contribution in [2.45, 2.75) is 20.3 Å². The van der Waals surface area contributed by atoms with E-state index in [0.29, 0.717) is 5.92 Å². The lowest BCUT2D eigenvalue weighted by atomic mass is 10.1. The van der Waals surface area contributed by atoms with Crippen molar-refractivity contribution in [3.63, 3.8) is 0 Å². The van der Waals surface area contributed by atoms with Crippen LogP contribution in [0, 0.1) is 5.92 Å². The smallest absolute Gasteiger partial charge is 0.159 e. The first-order valence-electron chi connectivity index (χ1n) is 6.41. The molecule has 2 aromatic rings. The maximum atomic E-state index is 4.38. The third-order valence-electron chi connectivity index (χ3n) is 3.04. The van der Waals surface area contributed by atoms with Gasteiger partial charge in [-0.25, -0.2) is 9.97 Å². The van der Waals surface area contributed by atoms with Gasteiger partial charge >= 0.3 is 0 Å². The molecule has 94 valence electrons. The molecule has 1 aromatic carbocycles. The van der Waals surface area contributed by atoms with Gasteiger partial charge in [0.1, 0.15) is 0 Å². The highest BCUT2D eigenvalue weighted by molar-refractivity contribution is 5.55. The first kappa shape index (κ1) is 12.6. The number of hydrogen-bond acceptors (Lipinski definition) is 3. The second-order valence-electron chi connectivity index (χ2n) is 4.56. The van der Waals surface area contributed by atoms with Gasteiger partial charge in [0.05, 0.1) is 18.1 Å². The summed E-state index contributed by atoms with van der Waals surface area (Å²) in [5.41, 5.74) is 2.03. The lowest BCUT2D eigenvalue weighted by Gasteiger charge is -2.10. The lowest BCUT2D eigenvalue weighted by Crippen LogP contribution is -2.10. The van der Waals surface area contributed by atoms with E-state index < -0.39 is 0 Å². The second kappa shape index (κ2) is 6.15. The molecule has 1 aromatic heterocycles. The summed E-state index contributed by atoms with van der Waals surface area (Å²) in [4.78, 5) is 8.76. The Hall–Kier alpha value is -1.90. The highest BCUT2D eigenvalue weighted by Gasteiger charge is 2.02. The van der Waals surface area contributed by atoms with Gasteiger partial charge < -0.3 is 5.32 Å². The van der Waals surface area contributed by atoms with E-state index in [4.69, 9.17) is 0 Å². The first-order valence-corrected chi connectivity index (χ1v) is 6.41. The molecule has 0 aliphatic carbocycles. The van der Waals surface area contributed by atoms with Crippen molar-refractivity contribution in [3.8, 4) is 11.4 Å². The highest BCUT2D eigenvalue weighted by atomic mass is 14.9. The summed E-state index contributed by atoms with van der Waals surface area (Å²) in [5, 5.41) is 3.35. The van der Waals surface area contributed by atoms with Crippen molar-refractivity contribution >= 4 is 5.69 Å². The Labute approximate surface area is 108 Å². The lowest BCUT2D eigenvalue weighted by molar-refractivity contribution is 0.593. The summed E-state index contributed by atoms with van der Waals surface area (Å²) in [6.07, 6.45) is 4.87. The second-order valence-corrected chi connectivity index (χ2v) is 4.56. The maximum Gasteiger partial charge on any atom is 0.159 e. The number of aromatic nitrogens is 2. The monoisotopic (exact) mass is 241 g/mol. The summed E-state index contributed by atoms with van der Waals surface area (Å²) < 4.78 is 0. The Morgan fingerprint density at radius 2 is 1.78 bits per heavy atom. The fourth-order valence-corrected chi connectivity index (χ4v) is 1.59. The van der Waals surface area contributed by atoms with E-state index in [9.17, 15) is 0 Å². The molecule has 0 spiro atoms. The van der Waals surface area contributed by atoms with Gasteiger partial charge in [-0.2, -0.15) is 0 Å². The Kier molecular flexibility index (Phi) is 4.29. The van der Waals surface area contributed by atoms with Crippen LogP contribution in [-0.2, 0) is 0 Å². The molecule has 0 aliphatic rings. The third kappa shape index (κ3) is 3.29. The minimum Gasteiger partial charge on any atom is -0.382 e. The van der Waals surface area contributed by atoms with E-state index in [0.717, 1.165) is 23.6 Å². The fourth-order valence-electron chi connectivity index (χ4n) is 1.59. The average molecular weight is 241 g/mol. The largest absolute Gasteiger partial charge is 0.382 e. The molecule has 0 bridgehead atoms. The summed E-state index contributed by atoms with van der Waals surface area (Å²) in [7, 11) is 0. The van der Waals surface area contributed by atoms with Crippen LogP contribution in [0.3, 0.4) is 0 Å². The van der Waals surface area contributed by atoms with Crippen molar-refractivity contribution in [1.29, 1.82) is 0 Å². The van der Waals surface area contributed by atoms with Gasteiger partial charge in [0.2, 0.25) is 0 Å². The zero-order valence-electron chi connectivity index (χ0n) is 10.9. The van der Waals surface area contributed by atoms with Crippen LogP contribution in [0.2, 0.25) is 0 Å². The molecule has 0 aliphatic heterocycles. The highest BCUT2D eigenvalue weighted by Crippen LogP contribution is 2.15. The number of rotatable bonds is 5. The molecule has 3 nitrogen and oxygen atoms in total. The summed E-state index contributed by atoms with van der Waals surface area (Å²) in [6.45, 7) is 5.39. The van der Waals surface area contributed by atoms with Gasteiger partial charge in [-0.15, -0.1) is 0 Å². The van der Waals surface area contributed by atoms with Crippen molar-refractivity contribution < 1.29 is 0 Å². The van der Waals surface area contributed by atoms with Crippen LogP contribution in [0.5, 0.6) is 0 Å². The van der Waals surface area contributed by atoms with Gasteiger partial charge in [-0.1, -0.05) is 50.6 Å². The zero-order valence-corrected chi connectivity index (χ0v) is 10.9. The maximum absolute atomic E-state index is 4.38. The molecule has 1 heterocycles. The number of anilines is 1. The molecule has 3 heteroatoms. The minimum absolute atomic E-state index is 0.666. The van der Waals surface area contributed by atoms with E-state index in [2.05, 4.69) is 29.1 Å². The SMILES string of the molecule is CCC(C)CNc1cnc(-c2ccccc2)nc1. The van der Waals surface area contributed by atoms with Crippen LogP contribution in [-0.4, -0.2) is 16.5 Å². The summed E-state index contributed by atoms with van der Waals surface area (Å²) >= 11 is 0. The number of nitrogens with one attached hydrogen (secondary N) is 1. The van der Waals surface area contributed by atoms with E-state index in [1.165, 1.54) is 6.42 Å². The molecule has 0 fully saturated rings. The van der Waals surface area contributed by atoms with Crippen LogP contribution in [0.25, 0.3) is 11.4 Å². The molecule has 0 saturated heterocycles. The Balaban J connectivity index is 2.02. The van der Waals surface area contributed by atoms with Crippen molar-refractivity contribution in [3.05, 3.63) is 42.7 Å². The van der Waals surface area contributed by atoms with Crippen LogP contribution in [0.4, 0.5) is 5.69 Å². The molecule has 18 heavy (non-hydrogen) atoms. The molecule has 1 atom stereocenters. The van der Waals surface area contributed by atoms with Crippen LogP contribution >= 0.6 is 0 Å². The Morgan fingerprint density at radius 1 is 1.11 bits per heavy atom. The van der Waals surface area contributed by atoms with Gasteiger partial charge in [-0.05, 0) is 5.92 Å². The Bertz CT molecular complexity index is 465. The van der Waals surface area contributed by atoms with E-state index in [1.807, 2.05) is 42.7 Å². The van der Waals surface area contributed by atoms with Gasteiger partial charge in [-0.3, -0.25) is 0 Å². The molecule has 1 unspecified atom stereocenters. The predicted octanol–water partition coefficient (Wildman–Crippen LogP) is 3.60. The molecule has 0 saturated carbocycles. The average Bonchev–Trinajstić information content (AvgIpc) is 2.46. The number of benzene rings is 1. The van der Waals surface area contributed by atoms with Crippen LogP contribution in [0.15, 0.2) is 42.7 Å². The topological polar surface area (TPSA) is 37.8 Å². The van der Waals surface area contributed by atoms with Gasteiger partial charge in [0.15, 0.2) is 5.82 Å². The number of nitrogens with zero attached hydrogens (tertiary/aromatic N) is 2. The van der Waals surface area contributed by atoms with Crippen LogP contribution in [0.1, 0.15) is 20.3 Å². The fraction of sp³-hybridized carbons (Fsp3) is 0.333. The summed E-state index contributed by atoms with van der Waals surface area (Å²) in [6, 6.07) is 10.0. The first-order chi connectivity index (χ1) is 8.79. The zero-order chi connectivity index (χ0) is 12.8. The molecule has 0 amide bonds. The third-order valence-corrected chi connectivity index (χ3v) is 3.04. The van der Waals surface area contributed by atoms with Gasteiger partial charge in [0.25, 0.3) is 0 Å². The van der Waals surface area contributed by atoms with E-state index in [1.54, 1.807) is 0 Å². The molecular weight excluding hydrogens is 222 g/mol. The standard InChI is InChI=1S/C15H19N3/c1-3-12(2)9-16-14-10-17-15(18-11-14)13-7-5-4-6-8-13/h4-8,10-12,16H,3,9H2,1-2H3. The predicted molar refractivity (Wildman–Crippen MR) is 75.4 cm³/mol. The number of hydrogen-bond donors (Lipinski definition) is 1. The Morgan fingerprint density at radius 3 is 2.39 bits per heavy atom. The summed E-state index contributed by atoms with van der Waals surface area (Å²) in [5.74, 6) is 1.43. The minimum atomic E-state index is 0.666. The molecule has 0 radical (unpaired) electrons. The van der Waals surface area contributed by atoms with Crippen LogP contribution < -0.4 is 5.32 Å². The normalized spacial score (nSPS) is 12.1. The van der Waals surface area contributed by atoms with Gasteiger partial charge in [0, 0.05) is 12.1 Å². The van der Waals surface area contributed by atoms with E-state index in [-0.39, 0.29) is 0 Å². The molecule has 2 rings (SSSR count). The quantitative estimate of drug-likeness (QED) is 0.869. The molecule has 1 N–H and O–H groups in total. The van der Waals surface area contributed by atoms with E-state index >= 15 is 0 Å². The van der Waals surface area contributed by atoms with Crippen molar-refractivity contribution in [1.82, 2.24) is 9.97 Å². The van der Waals surface area contributed by atoms with Crippen molar-refractivity contribution in [2.75, 3.05) is 11.9 Å². The van der Waals surface area contributed by atoms with Crippen molar-refractivity contribution in [2.24, 2.45) is 5.92 Å². The molecular formula is C15H19N3.